The van der Waals surface area contributed by atoms with E-state index in [1.165, 1.54) is 0 Å². The average molecular weight is 387 g/mol. The fourth-order valence-electron chi connectivity index (χ4n) is 2.04. The number of azide groups is 1. The zero-order valence-electron chi connectivity index (χ0n) is 11.7. The molecule has 0 amide bonds. The fraction of sp³-hybridized carbons (Fsp3) is 0. The fourth-order valence-corrected chi connectivity index (χ4v) is 2.04. The van der Waals surface area contributed by atoms with Gasteiger partial charge in [-0.2, -0.15) is 0 Å². The summed E-state index contributed by atoms with van der Waals surface area (Å²) in [5.41, 5.74) is 4.16. The Morgan fingerprint density at radius 1 is 0.500 bits per heavy atom. The Kier molecular flexibility index (Phi) is 5.07. The van der Waals surface area contributed by atoms with E-state index in [4.69, 9.17) is 5.53 Å². The molecule has 14 heteroatoms. The van der Waals surface area contributed by atoms with E-state index in [1.54, 1.807) is 0 Å². The number of benzene rings is 2. The molecule has 0 atom stereocenters. The Balaban J connectivity index is 2.98. The van der Waals surface area contributed by atoms with Crippen molar-refractivity contribution in [2.24, 2.45) is 5.03 Å². The molecule has 136 valence electrons. The monoisotopic (exact) mass is 387 g/mol. The summed E-state index contributed by atoms with van der Waals surface area (Å²) in [6.07, 6.45) is 0. The summed E-state index contributed by atoms with van der Waals surface area (Å²) < 4.78 is 134. The summed E-state index contributed by atoms with van der Waals surface area (Å²) in [5.74, 6) is -26.3. The molecule has 0 saturated heterocycles. The van der Waals surface area contributed by atoms with Gasteiger partial charge in [0.2, 0.25) is 0 Å². The van der Waals surface area contributed by atoms with Crippen molar-refractivity contribution in [3.63, 3.8) is 0 Å². The van der Waals surface area contributed by atoms with Crippen LogP contribution >= 0.6 is 0 Å². The van der Waals surface area contributed by atoms with E-state index < -0.39 is 75.9 Å². The number of halogens is 10. The second-order valence-electron chi connectivity index (χ2n) is 4.57. The summed E-state index contributed by atoms with van der Waals surface area (Å²) >= 11 is 0. The zero-order chi connectivity index (χ0) is 19.9. The lowest BCUT2D eigenvalue weighted by Gasteiger charge is -2.15. The zero-order valence-corrected chi connectivity index (χ0v) is 11.7. The lowest BCUT2D eigenvalue weighted by Crippen LogP contribution is -2.49. The molecule has 0 bridgehead atoms. The number of nitrogens with zero attached hydrogens (tertiary/aromatic N) is 3. The van der Waals surface area contributed by atoms with Crippen LogP contribution in [0.25, 0.3) is 10.4 Å². The van der Waals surface area contributed by atoms with Crippen LogP contribution in [0.1, 0.15) is 0 Å². The molecule has 26 heavy (non-hydrogen) atoms. The average Bonchev–Trinajstić information content (AvgIpc) is 2.61. The molecule has 0 saturated carbocycles. The maximum atomic E-state index is 13.8. The van der Waals surface area contributed by atoms with E-state index in [0.29, 0.717) is 0 Å². The Morgan fingerprint density at radius 2 is 0.731 bits per heavy atom. The predicted molar refractivity (Wildman–Crippen MR) is 66.6 cm³/mol. The van der Waals surface area contributed by atoms with Gasteiger partial charge in [-0.1, -0.05) is 0 Å². The molecule has 0 N–H and O–H groups in total. The summed E-state index contributed by atoms with van der Waals surface area (Å²) in [6.45, 7) is -3.09. The Labute approximate surface area is 136 Å². The quantitative estimate of drug-likeness (QED) is 0.147. The lowest BCUT2D eigenvalue weighted by molar-refractivity contribution is 0.382. The minimum Gasteiger partial charge on any atom is -0.204 e. The van der Waals surface area contributed by atoms with Crippen molar-refractivity contribution in [3.05, 3.63) is 68.6 Å². The van der Waals surface area contributed by atoms with Gasteiger partial charge in [-0.15, -0.1) is 5.03 Å². The molecule has 0 heterocycles. The topological polar surface area (TPSA) is 48.8 Å². The van der Waals surface area contributed by atoms with Crippen molar-refractivity contribution < 1.29 is 43.9 Å². The van der Waals surface area contributed by atoms with Crippen LogP contribution in [0, 0.1) is 58.2 Å². The molecule has 0 aromatic heterocycles. The van der Waals surface area contributed by atoms with Crippen LogP contribution in [0.5, 0.6) is 0 Å². The van der Waals surface area contributed by atoms with Crippen LogP contribution < -0.4 is 10.9 Å². The van der Waals surface area contributed by atoms with Crippen molar-refractivity contribution in [2.45, 2.75) is 0 Å². The minimum atomic E-state index is -3.09. The first kappa shape index (κ1) is 19.4. The van der Waals surface area contributed by atoms with Gasteiger partial charge in [-0.05, 0) is 10.4 Å². The maximum absolute atomic E-state index is 13.8. The van der Waals surface area contributed by atoms with Crippen LogP contribution in [0.3, 0.4) is 0 Å². The van der Waals surface area contributed by atoms with Gasteiger partial charge >= 0.3 is 6.85 Å². The van der Waals surface area contributed by atoms with Crippen LogP contribution in [-0.2, 0) is 0 Å². The van der Waals surface area contributed by atoms with E-state index in [-0.39, 0.29) is 0 Å². The Morgan fingerprint density at radius 3 is 0.962 bits per heavy atom. The largest absolute Gasteiger partial charge is 0.322 e. The van der Waals surface area contributed by atoms with Crippen LogP contribution in [0.15, 0.2) is 5.03 Å². The van der Waals surface area contributed by atoms with Gasteiger partial charge in [0.25, 0.3) is 0 Å². The van der Waals surface area contributed by atoms with E-state index in [1.807, 2.05) is 4.91 Å². The number of hydrogen-bond acceptors (Lipinski definition) is 1. The molecular formula is C12BF10N3. The van der Waals surface area contributed by atoms with Crippen molar-refractivity contribution >= 4 is 17.8 Å². The molecular weight excluding hydrogens is 387 g/mol. The second-order valence-corrected chi connectivity index (χ2v) is 4.57. The third-order valence-electron chi connectivity index (χ3n) is 3.20. The second kappa shape index (κ2) is 6.79. The molecule has 0 aliphatic carbocycles. The summed E-state index contributed by atoms with van der Waals surface area (Å²) in [5, 5.41) is 2.44. The summed E-state index contributed by atoms with van der Waals surface area (Å²) in [4.78, 5) is 1.90. The third-order valence-corrected chi connectivity index (χ3v) is 3.20. The SMILES string of the molecule is [N-]=[N+]=NB(c1c(F)c(F)c(F)c(F)c1F)c1c(F)c(F)c(F)c(F)c1F. The molecule has 2 aromatic rings. The van der Waals surface area contributed by atoms with Crippen molar-refractivity contribution in [3.8, 4) is 0 Å². The lowest BCUT2D eigenvalue weighted by atomic mass is 9.51. The highest BCUT2D eigenvalue weighted by atomic mass is 19.2. The highest BCUT2D eigenvalue weighted by molar-refractivity contribution is 6.83. The van der Waals surface area contributed by atoms with Crippen molar-refractivity contribution in [1.82, 2.24) is 0 Å². The summed E-state index contributed by atoms with van der Waals surface area (Å²) in [7, 11) is 0. The standard InChI is InChI=1S/C12BF10N3/c14-3-1(4(15)8(19)11(22)7(3)18)13(25-26-24)2-5(16)9(20)12(23)10(21)6(2)17. The number of hydrogen-bond donors (Lipinski definition) is 0. The van der Waals surface area contributed by atoms with Gasteiger partial charge in [0, 0.05) is 10.9 Å². The minimum absolute atomic E-state index is 1.90. The van der Waals surface area contributed by atoms with Gasteiger partial charge in [0.1, 0.15) is 0 Å². The first-order chi connectivity index (χ1) is 12.1. The van der Waals surface area contributed by atoms with Crippen molar-refractivity contribution in [2.75, 3.05) is 0 Å². The predicted octanol–water partition coefficient (Wildman–Crippen LogP) is 3.49. The van der Waals surface area contributed by atoms with Gasteiger partial charge in [0.05, 0.1) is 0 Å². The van der Waals surface area contributed by atoms with E-state index in [9.17, 15) is 43.9 Å². The van der Waals surface area contributed by atoms with Crippen LogP contribution in [0.4, 0.5) is 43.9 Å². The Bertz CT molecular complexity index is 845. The van der Waals surface area contributed by atoms with E-state index in [0.717, 1.165) is 0 Å². The van der Waals surface area contributed by atoms with Crippen LogP contribution in [0.2, 0.25) is 0 Å². The normalized spacial score (nSPS) is 10.7. The van der Waals surface area contributed by atoms with Gasteiger partial charge < -0.3 is 0 Å². The Hall–Kier alpha value is -2.89. The molecule has 0 radical (unpaired) electrons. The molecule has 0 unspecified atom stereocenters. The first-order valence-corrected chi connectivity index (χ1v) is 6.13. The summed E-state index contributed by atoms with van der Waals surface area (Å²) in [6, 6.07) is 0. The van der Waals surface area contributed by atoms with Crippen molar-refractivity contribution in [1.29, 1.82) is 0 Å². The number of rotatable bonds is 3. The molecule has 0 spiro atoms. The first-order valence-electron chi connectivity index (χ1n) is 6.13. The van der Waals surface area contributed by atoms with E-state index >= 15 is 0 Å². The van der Waals surface area contributed by atoms with Gasteiger partial charge in [0.15, 0.2) is 58.2 Å². The highest BCUT2D eigenvalue weighted by Crippen LogP contribution is 2.20. The molecule has 0 aliphatic heterocycles. The third kappa shape index (κ3) is 2.71. The van der Waals surface area contributed by atoms with E-state index in [2.05, 4.69) is 5.03 Å². The maximum Gasteiger partial charge on any atom is 0.322 e. The van der Waals surface area contributed by atoms with Gasteiger partial charge in [-0.3, -0.25) is 0 Å². The molecule has 3 nitrogen and oxygen atoms in total. The smallest absolute Gasteiger partial charge is 0.204 e. The van der Waals surface area contributed by atoms with Crippen LogP contribution in [-0.4, -0.2) is 6.85 Å². The molecule has 2 rings (SSSR count). The molecule has 0 fully saturated rings. The molecule has 2 aromatic carbocycles. The van der Waals surface area contributed by atoms with Gasteiger partial charge in [-0.25, -0.2) is 43.9 Å². The highest BCUT2D eigenvalue weighted by Gasteiger charge is 2.39. The molecule has 0 aliphatic rings.